The van der Waals surface area contributed by atoms with Crippen LogP contribution in [-0.2, 0) is 0 Å². The SMILES string of the molecule is CCNc1nc(Cl)nc([N+](C)(C#N)CC)n1. The minimum absolute atomic E-state index is 0.0410. The molecule has 0 radical (unpaired) electrons. The van der Waals surface area contributed by atoms with Gasteiger partial charge < -0.3 is 5.32 Å². The van der Waals surface area contributed by atoms with Crippen molar-refractivity contribution in [2.75, 3.05) is 25.5 Å². The Bertz CT molecular complexity index is 415. The lowest BCUT2D eigenvalue weighted by atomic mass is 10.5. The Morgan fingerprint density at radius 1 is 1.38 bits per heavy atom. The fraction of sp³-hybridized carbons (Fsp3) is 0.556. The molecule has 0 aromatic carbocycles. The number of halogens is 1. The molecule has 1 N–H and O–H groups in total. The molecule has 0 aliphatic carbocycles. The predicted octanol–water partition coefficient (Wildman–Crippen LogP) is 1.39. The van der Waals surface area contributed by atoms with Crippen LogP contribution in [0.15, 0.2) is 0 Å². The first-order chi connectivity index (χ1) is 7.55. The molecule has 16 heavy (non-hydrogen) atoms. The van der Waals surface area contributed by atoms with Gasteiger partial charge >= 0.3 is 12.1 Å². The summed E-state index contributed by atoms with van der Waals surface area (Å²) in [5.41, 5.74) is 0. The van der Waals surface area contributed by atoms with E-state index in [1.165, 1.54) is 0 Å². The van der Waals surface area contributed by atoms with Crippen LogP contribution in [0.2, 0.25) is 5.28 Å². The van der Waals surface area contributed by atoms with E-state index in [9.17, 15) is 0 Å². The number of aromatic nitrogens is 3. The molecule has 1 rings (SSSR count). The predicted molar refractivity (Wildman–Crippen MR) is 62.9 cm³/mol. The Balaban J connectivity index is 3.19. The van der Waals surface area contributed by atoms with E-state index in [0.717, 1.165) is 0 Å². The van der Waals surface area contributed by atoms with Crippen LogP contribution >= 0.6 is 11.6 Å². The summed E-state index contributed by atoms with van der Waals surface area (Å²) < 4.78 is -0.0410. The molecule has 1 aromatic rings. The van der Waals surface area contributed by atoms with Crippen molar-refractivity contribution in [2.24, 2.45) is 0 Å². The normalized spacial score (nSPS) is 13.9. The van der Waals surface area contributed by atoms with Crippen molar-refractivity contribution in [3.63, 3.8) is 0 Å². The molecular formula is C9H14ClN6+. The third-order valence-corrected chi connectivity index (χ3v) is 2.39. The third-order valence-electron chi connectivity index (χ3n) is 2.23. The number of nitrogens with one attached hydrogen (secondary N) is 1. The smallest absolute Gasteiger partial charge is 0.349 e. The summed E-state index contributed by atoms with van der Waals surface area (Å²) in [6.07, 6.45) is 2.14. The molecule has 1 heterocycles. The maximum absolute atomic E-state index is 9.11. The van der Waals surface area contributed by atoms with Gasteiger partial charge in [-0.15, -0.1) is 15.2 Å². The summed E-state index contributed by atoms with van der Waals surface area (Å²) in [6, 6.07) is 0. The maximum Gasteiger partial charge on any atom is 0.349 e. The van der Waals surface area contributed by atoms with Gasteiger partial charge in [-0.1, -0.05) is 0 Å². The lowest BCUT2D eigenvalue weighted by Crippen LogP contribution is -2.41. The fourth-order valence-corrected chi connectivity index (χ4v) is 1.21. The van der Waals surface area contributed by atoms with Crippen LogP contribution in [0.4, 0.5) is 11.9 Å². The van der Waals surface area contributed by atoms with Crippen LogP contribution < -0.4 is 9.80 Å². The van der Waals surface area contributed by atoms with Crippen LogP contribution in [0.1, 0.15) is 13.8 Å². The fourth-order valence-electron chi connectivity index (χ4n) is 1.05. The first-order valence-electron chi connectivity index (χ1n) is 4.98. The summed E-state index contributed by atoms with van der Waals surface area (Å²) in [5.74, 6) is 0.742. The quantitative estimate of drug-likeness (QED) is 0.637. The highest BCUT2D eigenvalue weighted by atomic mass is 35.5. The number of rotatable bonds is 4. The zero-order valence-electron chi connectivity index (χ0n) is 9.53. The van der Waals surface area contributed by atoms with Gasteiger partial charge in [-0.05, 0) is 25.4 Å². The average Bonchev–Trinajstić information content (AvgIpc) is 2.27. The Morgan fingerprint density at radius 2 is 2.06 bits per heavy atom. The molecule has 0 aliphatic rings. The number of quaternary nitrogens is 1. The molecule has 0 saturated carbocycles. The van der Waals surface area contributed by atoms with Crippen molar-refractivity contribution in [1.29, 1.82) is 5.26 Å². The molecule has 0 fully saturated rings. The van der Waals surface area contributed by atoms with Crippen molar-refractivity contribution in [3.05, 3.63) is 5.28 Å². The molecule has 1 unspecified atom stereocenters. The summed E-state index contributed by atoms with van der Waals surface area (Å²) >= 11 is 5.78. The minimum Gasteiger partial charge on any atom is -0.354 e. The van der Waals surface area contributed by atoms with Gasteiger partial charge in [0.05, 0.1) is 13.6 Å². The highest BCUT2D eigenvalue weighted by Crippen LogP contribution is 2.17. The molecule has 6 nitrogen and oxygen atoms in total. The van der Waals surface area contributed by atoms with E-state index in [1.54, 1.807) is 7.05 Å². The van der Waals surface area contributed by atoms with E-state index in [1.807, 2.05) is 13.8 Å². The van der Waals surface area contributed by atoms with E-state index in [-0.39, 0.29) is 9.77 Å². The molecule has 0 saturated heterocycles. The number of hydrogen-bond acceptors (Lipinski definition) is 5. The van der Waals surface area contributed by atoms with Gasteiger partial charge in [-0.2, -0.15) is 9.47 Å². The second-order valence-corrected chi connectivity index (χ2v) is 3.70. The molecule has 0 bridgehead atoms. The van der Waals surface area contributed by atoms with Crippen molar-refractivity contribution in [2.45, 2.75) is 13.8 Å². The topological polar surface area (TPSA) is 74.5 Å². The molecule has 1 aromatic heterocycles. The number of nitrogens with zero attached hydrogens (tertiary/aromatic N) is 5. The average molecular weight is 242 g/mol. The summed E-state index contributed by atoms with van der Waals surface area (Å²) in [4.78, 5) is 12.1. The van der Waals surface area contributed by atoms with Crippen LogP contribution in [0.5, 0.6) is 0 Å². The molecule has 1 atom stereocenters. The molecule has 0 spiro atoms. The van der Waals surface area contributed by atoms with Crippen LogP contribution in [0.25, 0.3) is 0 Å². The lowest BCUT2D eigenvalue weighted by molar-refractivity contribution is 0.458. The number of nitriles is 1. The van der Waals surface area contributed by atoms with Gasteiger partial charge in [0.15, 0.2) is 0 Å². The monoisotopic (exact) mass is 241 g/mol. The van der Waals surface area contributed by atoms with E-state index in [4.69, 9.17) is 16.9 Å². The third kappa shape index (κ3) is 2.56. The van der Waals surface area contributed by atoms with Crippen molar-refractivity contribution >= 4 is 23.5 Å². The van der Waals surface area contributed by atoms with E-state index in [2.05, 4.69) is 26.5 Å². The standard InChI is InChI=1S/C9H14ClN6/c1-4-12-8-13-7(10)14-9(15-8)16(3,5-2)6-11/h4-5H2,1-3H3,(H,12,13,14,15)/q+1. The van der Waals surface area contributed by atoms with E-state index < -0.39 is 0 Å². The molecule has 86 valence electrons. The van der Waals surface area contributed by atoms with Gasteiger partial charge in [0.25, 0.3) is 0 Å². The van der Waals surface area contributed by atoms with Gasteiger partial charge in [-0.3, -0.25) is 0 Å². The van der Waals surface area contributed by atoms with Crippen molar-refractivity contribution in [1.82, 2.24) is 19.4 Å². The van der Waals surface area contributed by atoms with E-state index in [0.29, 0.717) is 25.0 Å². The van der Waals surface area contributed by atoms with Crippen molar-refractivity contribution in [3.8, 4) is 6.19 Å². The van der Waals surface area contributed by atoms with Gasteiger partial charge in [0.1, 0.15) is 0 Å². The van der Waals surface area contributed by atoms with E-state index >= 15 is 0 Å². The van der Waals surface area contributed by atoms with Gasteiger partial charge in [-0.25, -0.2) is 0 Å². The van der Waals surface area contributed by atoms with Crippen LogP contribution in [0, 0.1) is 11.5 Å². The highest BCUT2D eigenvalue weighted by Gasteiger charge is 2.28. The van der Waals surface area contributed by atoms with Crippen LogP contribution in [0.3, 0.4) is 0 Å². The number of hydrogen-bond donors (Lipinski definition) is 1. The Labute approximate surface area is 99.5 Å². The van der Waals surface area contributed by atoms with Crippen molar-refractivity contribution < 1.29 is 0 Å². The summed E-state index contributed by atoms with van der Waals surface area (Å²) in [7, 11) is 1.72. The van der Waals surface area contributed by atoms with Gasteiger partial charge in [0, 0.05) is 6.54 Å². The molecular weight excluding hydrogens is 228 g/mol. The molecule has 0 aliphatic heterocycles. The first kappa shape index (κ1) is 12.6. The van der Waals surface area contributed by atoms with Gasteiger partial charge in [0.2, 0.25) is 11.2 Å². The summed E-state index contributed by atoms with van der Waals surface area (Å²) in [6.45, 7) is 5.05. The maximum atomic E-state index is 9.11. The zero-order valence-corrected chi connectivity index (χ0v) is 10.3. The lowest BCUT2D eigenvalue weighted by Gasteiger charge is -2.19. The second kappa shape index (κ2) is 5.05. The molecule has 7 heteroatoms. The van der Waals surface area contributed by atoms with Crippen LogP contribution in [-0.4, -0.2) is 35.1 Å². The largest absolute Gasteiger partial charge is 0.354 e. The first-order valence-corrected chi connectivity index (χ1v) is 5.36. The highest BCUT2D eigenvalue weighted by molar-refractivity contribution is 6.28. The Kier molecular flexibility index (Phi) is 3.99. The Hall–Kier alpha value is -1.45. The number of anilines is 1. The molecule has 0 amide bonds. The summed E-state index contributed by atoms with van der Waals surface area (Å²) in [5, 5.41) is 12.1. The minimum atomic E-state index is -0.0410. The Morgan fingerprint density at radius 3 is 2.56 bits per heavy atom. The second-order valence-electron chi connectivity index (χ2n) is 3.37. The zero-order chi connectivity index (χ0) is 12.2.